The molecule has 0 amide bonds. The lowest BCUT2D eigenvalue weighted by atomic mass is 10.2. The fraction of sp³-hybridized carbons (Fsp3) is 0.200. The minimum atomic E-state index is 0.279. The van der Waals surface area contributed by atoms with Gasteiger partial charge in [0.05, 0.1) is 12.2 Å². The third-order valence-corrected chi connectivity index (χ3v) is 2.84. The van der Waals surface area contributed by atoms with Gasteiger partial charge in [-0.1, -0.05) is 12.1 Å². The van der Waals surface area contributed by atoms with E-state index in [-0.39, 0.29) is 5.28 Å². The summed E-state index contributed by atoms with van der Waals surface area (Å²) in [6, 6.07) is 7.72. The number of rotatable bonds is 3. The molecule has 1 heterocycles. The highest BCUT2D eigenvalue weighted by Crippen LogP contribution is 2.31. The summed E-state index contributed by atoms with van der Waals surface area (Å²) in [5, 5.41) is 1.06. The van der Waals surface area contributed by atoms with Crippen LogP contribution < -0.4 is 4.74 Å². The van der Waals surface area contributed by atoms with E-state index in [4.69, 9.17) is 16.3 Å². The van der Waals surface area contributed by atoms with Crippen molar-refractivity contribution in [3.05, 3.63) is 29.5 Å². The van der Waals surface area contributed by atoms with Crippen LogP contribution >= 0.6 is 23.1 Å². The quantitative estimate of drug-likeness (QED) is 0.826. The second-order valence-corrected chi connectivity index (χ2v) is 3.89. The maximum atomic E-state index is 5.69. The summed E-state index contributed by atoms with van der Waals surface area (Å²) >= 11 is 6.96. The van der Waals surface area contributed by atoms with E-state index in [1.54, 1.807) is 0 Å². The minimum Gasteiger partial charge on any atom is -0.493 e. The predicted octanol–water partition coefficient (Wildman–Crippen LogP) is 3.26. The van der Waals surface area contributed by atoms with Crippen LogP contribution in [0, 0.1) is 0 Å². The summed E-state index contributed by atoms with van der Waals surface area (Å²) in [6.07, 6.45) is 0. The van der Waals surface area contributed by atoms with Crippen LogP contribution in [0.3, 0.4) is 0 Å². The average Bonchev–Trinajstić information content (AvgIpc) is 2.66. The molecular formula is C10H9ClN2OS. The number of ether oxygens (including phenoxy) is 1. The Labute approximate surface area is 96.9 Å². The summed E-state index contributed by atoms with van der Waals surface area (Å²) in [6.45, 7) is 2.58. The molecule has 0 atom stereocenters. The van der Waals surface area contributed by atoms with E-state index in [1.165, 1.54) is 11.5 Å². The van der Waals surface area contributed by atoms with Crippen LogP contribution in [0.1, 0.15) is 6.92 Å². The van der Waals surface area contributed by atoms with Crippen molar-refractivity contribution in [1.82, 2.24) is 9.36 Å². The zero-order valence-electron chi connectivity index (χ0n) is 8.11. The molecule has 2 aromatic rings. The van der Waals surface area contributed by atoms with Gasteiger partial charge in [0.1, 0.15) is 10.8 Å². The van der Waals surface area contributed by atoms with Crippen LogP contribution in [0.15, 0.2) is 24.3 Å². The molecule has 1 aromatic carbocycles. The summed E-state index contributed by atoms with van der Waals surface area (Å²) in [5.74, 6) is 0.813. The van der Waals surface area contributed by atoms with Crippen LogP contribution in [0.5, 0.6) is 5.75 Å². The topological polar surface area (TPSA) is 35.0 Å². The lowest BCUT2D eigenvalue weighted by molar-refractivity contribution is 0.341. The Morgan fingerprint density at radius 2 is 2.20 bits per heavy atom. The molecule has 0 aliphatic heterocycles. The molecule has 0 aliphatic carbocycles. The fourth-order valence-corrected chi connectivity index (χ4v) is 2.07. The number of hydrogen-bond donors (Lipinski definition) is 0. The molecule has 78 valence electrons. The van der Waals surface area contributed by atoms with Gasteiger partial charge in [-0.3, -0.25) is 0 Å². The first-order valence-electron chi connectivity index (χ1n) is 4.52. The van der Waals surface area contributed by atoms with Gasteiger partial charge in [-0.05, 0) is 42.2 Å². The second kappa shape index (κ2) is 4.59. The molecule has 5 heteroatoms. The Kier molecular flexibility index (Phi) is 3.18. The summed E-state index contributed by atoms with van der Waals surface area (Å²) in [5.41, 5.74) is 0.934. The molecule has 0 saturated carbocycles. The normalized spacial score (nSPS) is 10.3. The molecule has 3 nitrogen and oxygen atoms in total. The number of aromatic nitrogens is 2. The number of hydrogen-bond acceptors (Lipinski definition) is 4. The van der Waals surface area contributed by atoms with Gasteiger partial charge in [-0.25, -0.2) is 4.98 Å². The number of nitrogens with zero attached hydrogens (tertiary/aromatic N) is 2. The van der Waals surface area contributed by atoms with Crippen LogP contribution in [-0.4, -0.2) is 16.0 Å². The van der Waals surface area contributed by atoms with Crippen molar-refractivity contribution in [3.63, 3.8) is 0 Å². The average molecular weight is 241 g/mol. The first-order valence-corrected chi connectivity index (χ1v) is 5.68. The molecule has 15 heavy (non-hydrogen) atoms. The van der Waals surface area contributed by atoms with Gasteiger partial charge in [-0.15, -0.1) is 0 Å². The van der Waals surface area contributed by atoms with E-state index in [0.717, 1.165) is 16.3 Å². The zero-order valence-corrected chi connectivity index (χ0v) is 9.68. The lowest BCUT2D eigenvalue weighted by Gasteiger charge is -2.06. The molecule has 0 unspecified atom stereocenters. The van der Waals surface area contributed by atoms with Gasteiger partial charge in [-0.2, -0.15) is 4.37 Å². The summed E-state index contributed by atoms with van der Waals surface area (Å²) in [4.78, 5) is 4.12. The molecule has 0 saturated heterocycles. The van der Waals surface area contributed by atoms with Crippen molar-refractivity contribution in [2.45, 2.75) is 6.92 Å². The number of halogens is 1. The first kappa shape index (κ1) is 10.4. The van der Waals surface area contributed by atoms with Crippen LogP contribution in [0.2, 0.25) is 5.28 Å². The molecule has 0 bridgehead atoms. The van der Waals surface area contributed by atoms with Gasteiger partial charge < -0.3 is 4.74 Å². The van der Waals surface area contributed by atoms with Crippen molar-refractivity contribution < 1.29 is 4.74 Å². The highest BCUT2D eigenvalue weighted by Gasteiger charge is 2.09. The Morgan fingerprint density at radius 3 is 2.87 bits per heavy atom. The van der Waals surface area contributed by atoms with Crippen molar-refractivity contribution in [2.75, 3.05) is 6.61 Å². The van der Waals surface area contributed by atoms with E-state index in [2.05, 4.69) is 9.36 Å². The largest absolute Gasteiger partial charge is 0.493 e. The van der Waals surface area contributed by atoms with Gasteiger partial charge in [0.2, 0.25) is 5.28 Å². The van der Waals surface area contributed by atoms with Crippen molar-refractivity contribution in [1.29, 1.82) is 0 Å². The number of benzene rings is 1. The number of para-hydroxylation sites is 1. The molecule has 0 radical (unpaired) electrons. The second-order valence-electron chi connectivity index (χ2n) is 2.80. The van der Waals surface area contributed by atoms with Crippen LogP contribution in [0.25, 0.3) is 10.6 Å². The Morgan fingerprint density at radius 1 is 1.40 bits per heavy atom. The van der Waals surface area contributed by atoms with Gasteiger partial charge in [0, 0.05) is 0 Å². The summed E-state index contributed by atoms with van der Waals surface area (Å²) in [7, 11) is 0. The highest BCUT2D eigenvalue weighted by atomic mass is 35.5. The smallest absolute Gasteiger partial charge is 0.234 e. The monoisotopic (exact) mass is 240 g/mol. The first-order chi connectivity index (χ1) is 7.31. The van der Waals surface area contributed by atoms with E-state index >= 15 is 0 Å². The lowest BCUT2D eigenvalue weighted by Crippen LogP contribution is -1.93. The SMILES string of the molecule is CCOc1ccccc1-c1nc(Cl)ns1. The van der Waals surface area contributed by atoms with E-state index < -0.39 is 0 Å². The van der Waals surface area contributed by atoms with E-state index in [1.807, 2.05) is 31.2 Å². The molecule has 0 fully saturated rings. The Balaban J connectivity index is 2.42. The molecular weight excluding hydrogens is 232 g/mol. The van der Waals surface area contributed by atoms with Crippen molar-refractivity contribution in [2.24, 2.45) is 0 Å². The highest BCUT2D eigenvalue weighted by molar-refractivity contribution is 7.09. The van der Waals surface area contributed by atoms with Gasteiger partial charge in [0.25, 0.3) is 0 Å². The molecule has 0 N–H and O–H groups in total. The van der Waals surface area contributed by atoms with Crippen LogP contribution in [-0.2, 0) is 0 Å². The Hall–Kier alpha value is -1.13. The zero-order chi connectivity index (χ0) is 10.7. The van der Waals surface area contributed by atoms with Gasteiger partial charge >= 0.3 is 0 Å². The fourth-order valence-electron chi connectivity index (χ4n) is 1.24. The Bertz CT molecular complexity index is 458. The van der Waals surface area contributed by atoms with E-state index in [9.17, 15) is 0 Å². The standard InChI is InChI=1S/C10H9ClN2OS/c1-2-14-8-6-4-3-5-7(8)9-12-10(11)13-15-9/h3-6H,2H2,1H3. The summed E-state index contributed by atoms with van der Waals surface area (Å²) < 4.78 is 9.43. The molecule has 2 rings (SSSR count). The van der Waals surface area contributed by atoms with Crippen LogP contribution in [0.4, 0.5) is 0 Å². The third-order valence-electron chi connectivity index (χ3n) is 1.82. The van der Waals surface area contributed by atoms with Crippen molar-refractivity contribution in [3.8, 4) is 16.3 Å². The maximum Gasteiger partial charge on any atom is 0.234 e. The molecule has 0 aliphatic rings. The third kappa shape index (κ3) is 2.27. The molecule has 0 spiro atoms. The predicted molar refractivity (Wildman–Crippen MR) is 61.5 cm³/mol. The van der Waals surface area contributed by atoms with Gasteiger partial charge in [0.15, 0.2) is 0 Å². The van der Waals surface area contributed by atoms with E-state index in [0.29, 0.717) is 6.61 Å². The molecule has 1 aromatic heterocycles. The van der Waals surface area contributed by atoms with Crippen molar-refractivity contribution >= 4 is 23.1 Å². The minimum absolute atomic E-state index is 0.279. The maximum absolute atomic E-state index is 5.69.